The first-order valence-corrected chi connectivity index (χ1v) is 5.36. The van der Waals surface area contributed by atoms with Crippen molar-refractivity contribution in [2.24, 2.45) is 0 Å². The van der Waals surface area contributed by atoms with Gasteiger partial charge in [-0.2, -0.15) is 11.3 Å². The summed E-state index contributed by atoms with van der Waals surface area (Å²) in [5, 5.41) is 4.60. The minimum Gasteiger partial charge on any atom is -0.152 e. The summed E-state index contributed by atoms with van der Waals surface area (Å²) in [6.07, 6.45) is 3.33. The highest BCUT2D eigenvalue weighted by Crippen LogP contribution is 2.14. The van der Waals surface area contributed by atoms with Crippen LogP contribution in [0, 0.1) is 0 Å². The van der Waals surface area contributed by atoms with E-state index in [0.717, 1.165) is 12.8 Å². The fourth-order valence-corrected chi connectivity index (χ4v) is 2.16. The molecule has 0 fully saturated rings. The van der Waals surface area contributed by atoms with Gasteiger partial charge in [-0.1, -0.05) is 13.3 Å². The van der Waals surface area contributed by atoms with E-state index in [1.54, 1.807) is 11.3 Å². The van der Waals surface area contributed by atoms with Gasteiger partial charge >= 0.3 is 0 Å². The summed E-state index contributed by atoms with van der Waals surface area (Å²) in [7, 11) is 0. The van der Waals surface area contributed by atoms with Gasteiger partial charge in [0.15, 0.2) is 0 Å². The zero-order valence-electron chi connectivity index (χ0n) is 6.72. The quantitative estimate of drug-likeness (QED) is 0.633. The highest BCUT2D eigenvalue weighted by atomic mass is 35.5. The predicted octanol–water partition coefficient (Wildman–Crippen LogP) is 3.70. The monoisotopic (exact) mass is 188 g/mol. The van der Waals surface area contributed by atoms with E-state index in [-0.39, 0.29) is 0 Å². The number of rotatable bonds is 4. The van der Waals surface area contributed by atoms with Crippen LogP contribution in [0.2, 0.25) is 0 Å². The number of alkyl halides is 1. The van der Waals surface area contributed by atoms with Gasteiger partial charge in [0.1, 0.15) is 0 Å². The maximum atomic E-state index is 6.08. The van der Waals surface area contributed by atoms with E-state index in [0.29, 0.717) is 5.38 Å². The van der Waals surface area contributed by atoms with Gasteiger partial charge in [0.2, 0.25) is 0 Å². The lowest BCUT2D eigenvalue weighted by molar-refractivity contribution is 0.727. The van der Waals surface area contributed by atoms with Crippen molar-refractivity contribution in [3.63, 3.8) is 0 Å². The Morgan fingerprint density at radius 2 is 2.45 bits per heavy atom. The third-order valence-corrected chi connectivity index (χ3v) is 2.74. The topological polar surface area (TPSA) is 0 Å². The summed E-state index contributed by atoms with van der Waals surface area (Å²) in [5.41, 5.74) is 1.38. The van der Waals surface area contributed by atoms with E-state index in [4.69, 9.17) is 11.6 Å². The van der Waals surface area contributed by atoms with E-state index < -0.39 is 0 Å². The lowest BCUT2D eigenvalue weighted by atomic mass is 10.1. The summed E-state index contributed by atoms with van der Waals surface area (Å²) in [6, 6.07) is 2.15. The van der Waals surface area contributed by atoms with Crippen LogP contribution >= 0.6 is 22.9 Å². The zero-order chi connectivity index (χ0) is 8.10. The second-order valence-electron chi connectivity index (χ2n) is 2.72. The average Bonchev–Trinajstić information content (AvgIpc) is 2.40. The van der Waals surface area contributed by atoms with Gasteiger partial charge in [0, 0.05) is 5.38 Å². The number of halogens is 1. The summed E-state index contributed by atoms with van der Waals surface area (Å²) in [4.78, 5) is 0. The standard InChI is InChI=1S/C9H13ClS/c1-2-3-9(10)6-8-4-5-11-7-8/h4-5,7,9H,2-3,6H2,1H3. The average molecular weight is 189 g/mol. The highest BCUT2D eigenvalue weighted by molar-refractivity contribution is 7.07. The molecule has 0 aliphatic rings. The molecule has 2 heteroatoms. The van der Waals surface area contributed by atoms with Crippen LogP contribution in [0.3, 0.4) is 0 Å². The second-order valence-corrected chi connectivity index (χ2v) is 4.12. The molecular weight excluding hydrogens is 176 g/mol. The molecule has 11 heavy (non-hydrogen) atoms. The molecule has 0 aromatic carbocycles. The predicted molar refractivity (Wildman–Crippen MR) is 52.6 cm³/mol. The molecule has 0 N–H and O–H groups in total. The Morgan fingerprint density at radius 3 is 3.00 bits per heavy atom. The van der Waals surface area contributed by atoms with Crippen molar-refractivity contribution in [1.82, 2.24) is 0 Å². The SMILES string of the molecule is CCCC(Cl)Cc1ccsc1. The van der Waals surface area contributed by atoms with Crippen LogP contribution in [0.1, 0.15) is 25.3 Å². The normalized spacial score (nSPS) is 13.3. The Balaban J connectivity index is 2.31. The van der Waals surface area contributed by atoms with Crippen LogP contribution < -0.4 is 0 Å². The maximum absolute atomic E-state index is 6.08. The molecule has 62 valence electrons. The van der Waals surface area contributed by atoms with E-state index >= 15 is 0 Å². The number of thiophene rings is 1. The van der Waals surface area contributed by atoms with E-state index in [2.05, 4.69) is 23.8 Å². The minimum absolute atomic E-state index is 0.328. The van der Waals surface area contributed by atoms with Crippen LogP contribution in [-0.4, -0.2) is 5.38 Å². The Hall–Kier alpha value is -0.0100. The molecule has 0 bridgehead atoms. The van der Waals surface area contributed by atoms with Crippen LogP contribution in [0.5, 0.6) is 0 Å². The summed E-state index contributed by atoms with van der Waals surface area (Å²) >= 11 is 7.82. The fourth-order valence-electron chi connectivity index (χ4n) is 1.08. The molecule has 0 spiro atoms. The van der Waals surface area contributed by atoms with Gasteiger partial charge < -0.3 is 0 Å². The third-order valence-electron chi connectivity index (χ3n) is 1.64. The van der Waals surface area contributed by atoms with Gasteiger partial charge in [-0.25, -0.2) is 0 Å². The molecule has 0 saturated heterocycles. The summed E-state index contributed by atoms with van der Waals surface area (Å²) in [6.45, 7) is 2.17. The molecule has 0 radical (unpaired) electrons. The fraction of sp³-hybridized carbons (Fsp3) is 0.556. The molecule has 1 unspecified atom stereocenters. The van der Waals surface area contributed by atoms with Crippen molar-refractivity contribution in [2.45, 2.75) is 31.6 Å². The van der Waals surface area contributed by atoms with Gasteiger partial charge in [-0.15, -0.1) is 11.6 Å². The van der Waals surface area contributed by atoms with Crippen LogP contribution in [-0.2, 0) is 6.42 Å². The Kier molecular flexibility index (Phi) is 3.95. The van der Waals surface area contributed by atoms with Crippen LogP contribution in [0.25, 0.3) is 0 Å². The van der Waals surface area contributed by atoms with Gasteiger partial charge in [-0.3, -0.25) is 0 Å². The Labute approximate surface area is 77.2 Å². The van der Waals surface area contributed by atoms with Gasteiger partial charge in [0.05, 0.1) is 0 Å². The first-order chi connectivity index (χ1) is 5.33. The van der Waals surface area contributed by atoms with Crippen LogP contribution in [0.4, 0.5) is 0 Å². The molecule has 0 aliphatic carbocycles. The molecule has 1 rings (SSSR count). The van der Waals surface area contributed by atoms with Crippen molar-refractivity contribution >= 4 is 22.9 Å². The summed E-state index contributed by atoms with van der Waals surface area (Å²) < 4.78 is 0. The molecule has 1 atom stereocenters. The zero-order valence-corrected chi connectivity index (χ0v) is 8.29. The van der Waals surface area contributed by atoms with E-state index in [1.165, 1.54) is 12.0 Å². The van der Waals surface area contributed by atoms with Crippen molar-refractivity contribution in [3.05, 3.63) is 22.4 Å². The Morgan fingerprint density at radius 1 is 1.64 bits per heavy atom. The summed E-state index contributed by atoms with van der Waals surface area (Å²) in [5.74, 6) is 0. The number of hydrogen-bond donors (Lipinski definition) is 0. The lowest BCUT2D eigenvalue weighted by Crippen LogP contribution is -2.01. The molecular formula is C9H13ClS. The Bertz CT molecular complexity index is 181. The number of hydrogen-bond acceptors (Lipinski definition) is 1. The largest absolute Gasteiger partial charge is 0.152 e. The minimum atomic E-state index is 0.328. The molecule has 1 aromatic heterocycles. The molecule has 0 aliphatic heterocycles. The van der Waals surface area contributed by atoms with E-state index in [1.807, 2.05) is 0 Å². The van der Waals surface area contributed by atoms with Crippen molar-refractivity contribution in [2.75, 3.05) is 0 Å². The van der Waals surface area contributed by atoms with Gasteiger partial charge in [0.25, 0.3) is 0 Å². The first-order valence-electron chi connectivity index (χ1n) is 3.98. The molecule has 0 amide bonds. The molecule has 0 saturated carbocycles. The molecule has 0 nitrogen and oxygen atoms in total. The van der Waals surface area contributed by atoms with Crippen molar-refractivity contribution < 1.29 is 0 Å². The third kappa shape index (κ3) is 3.26. The van der Waals surface area contributed by atoms with Gasteiger partial charge in [-0.05, 0) is 35.2 Å². The maximum Gasteiger partial charge on any atom is 0.0376 e. The van der Waals surface area contributed by atoms with Crippen molar-refractivity contribution in [1.29, 1.82) is 0 Å². The molecule has 1 heterocycles. The first kappa shape index (κ1) is 9.08. The van der Waals surface area contributed by atoms with Crippen LogP contribution in [0.15, 0.2) is 16.8 Å². The van der Waals surface area contributed by atoms with E-state index in [9.17, 15) is 0 Å². The lowest BCUT2D eigenvalue weighted by Gasteiger charge is -2.04. The second kappa shape index (κ2) is 4.78. The smallest absolute Gasteiger partial charge is 0.0376 e. The highest BCUT2D eigenvalue weighted by Gasteiger charge is 2.03. The molecule has 1 aromatic rings. The van der Waals surface area contributed by atoms with Crippen molar-refractivity contribution in [3.8, 4) is 0 Å².